The number of hydrogen-bond donors (Lipinski definition) is 2. The van der Waals surface area contributed by atoms with Crippen LogP contribution in [0.1, 0.15) is 45.4 Å². The van der Waals surface area contributed by atoms with E-state index in [2.05, 4.69) is 47.4 Å². The zero-order chi connectivity index (χ0) is 15.3. The van der Waals surface area contributed by atoms with Gasteiger partial charge < -0.3 is 15.1 Å². The number of rotatable bonds is 4. The van der Waals surface area contributed by atoms with Gasteiger partial charge in [0.05, 0.1) is 12.3 Å². The zero-order valence-electron chi connectivity index (χ0n) is 13.6. The van der Waals surface area contributed by atoms with Crippen molar-refractivity contribution >= 4 is 5.96 Å². The van der Waals surface area contributed by atoms with Gasteiger partial charge in [0.1, 0.15) is 5.76 Å². The Morgan fingerprint density at radius 2 is 2.10 bits per heavy atom. The molecule has 21 heavy (non-hydrogen) atoms. The molecule has 1 saturated heterocycles. The molecule has 1 aromatic heterocycles. The Morgan fingerprint density at radius 1 is 1.38 bits per heavy atom. The van der Waals surface area contributed by atoms with E-state index < -0.39 is 0 Å². The molecule has 0 aromatic carbocycles. The minimum absolute atomic E-state index is 0.00430. The molecular weight excluding hydrogens is 264 g/mol. The summed E-state index contributed by atoms with van der Waals surface area (Å²) in [7, 11) is 1.80. The van der Waals surface area contributed by atoms with Crippen molar-refractivity contribution in [3.05, 3.63) is 24.2 Å². The molecule has 1 fully saturated rings. The molecule has 1 unspecified atom stereocenters. The molecule has 0 amide bonds. The molecule has 2 N–H and O–H groups in total. The topological polar surface area (TPSA) is 52.8 Å². The van der Waals surface area contributed by atoms with E-state index in [1.807, 2.05) is 6.07 Å². The molecule has 0 bridgehead atoms. The van der Waals surface area contributed by atoms with Crippen LogP contribution in [0.25, 0.3) is 0 Å². The minimum Gasteiger partial charge on any atom is -0.468 e. The molecule has 0 saturated carbocycles. The molecular formula is C16H28N4O. The largest absolute Gasteiger partial charge is 0.468 e. The number of aliphatic imine (C=N–C) groups is 1. The lowest BCUT2D eigenvalue weighted by Gasteiger charge is -2.28. The molecule has 0 spiro atoms. The maximum Gasteiger partial charge on any atom is 0.191 e. The third-order valence-corrected chi connectivity index (χ3v) is 3.63. The lowest BCUT2D eigenvalue weighted by atomic mass is 10.1. The van der Waals surface area contributed by atoms with Crippen molar-refractivity contribution in [1.29, 1.82) is 0 Å². The van der Waals surface area contributed by atoms with Gasteiger partial charge in [0, 0.05) is 19.1 Å². The van der Waals surface area contributed by atoms with Crippen molar-refractivity contribution in [3.8, 4) is 0 Å². The van der Waals surface area contributed by atoms with Crippen LogP contribution in [-0.2, 0) is 0 Å². The standard InChI is InChI=1S/C16H28N4O/c1-16(2,3)19-15(17-4)18-12-13(14-8-7-11-21-14)20-9-5-6-10-20/h7-8,11,13H,5-6,9-10,12H2,1-4H3,(H2,17,18,19). The van der Waals surface area contributed by atoms with Gasteiger partial charge in [-0.15, -0.1) is 0 Å². The van der Waals surface area contributed by atoms with E-state index in [1.54, 1.807) is 13.3 Å². The van der Waals surface area contributed by atoms with Gasteiger partial charge in [0.15, 0.2) is 5.96 Å². The Kier molecular flexibility index (Phi) is 5.28. The quantitative estimate of drug-likeness (QED) is 0.661. The highest BCUT2D eigenvalue weighted by atomic mass is 16.3. The van der Waals surface area contributed by atoms with Crippen LogP contribution >= 0.6 is 0 Å². The molecule has 1 atom stereocenters. The Hall–Kier alpha value is -1.49. The molecule has 1 aromatic rings. The van der Waals surface area contributed by atoms with Crippen LogP contribution in [0, 0.1) is 0 Å². The highest BCUT2D eigenvalue weighted by Crippen LogP contribution is 2.24. The number of guanidine groups is 1. The fourth-order valence-electron chi connectivity index (χ4n) is 2.67. The summed E-state index contributed by atoms with van der Waals surface area (Å²) in [6, 6.07) is 4.28. The van der Waals surface area contributed by atoms with Crippen LogP contribution in [0.2, 0.25) is 0 Å². The second-order valence-electron chi connectivity index (χ2n) is 6.60. The van der Waals surface area contributed by atoms with E-state index in [1.165, 1.54) is 12.8 Å². The number of likely N-dealkylation sites (tertiary alicyclic amines) is 1. The van der Waals surface area contributed by atoms with E-state index in [9.17, 15) is 0 Å². The third-order valence-electron chi connectivity index (χ3n) is 3.63. The fraction of sp³-hybridized carbons (Fsp3) is 0.688. The van der Waals surface area contributed by atoms with Crippen LogP contribution in [0.5, 0.6) is 0 Å². The van der Waals surface area contributed by atoms with E-state index in [0.29, 0.717) is 0 Å². The van der Waals surface area contributed by atoms with Gasteiger partial charge >= 0.3 is 0 Å². The molecule has 0 radical (unpaired) electrons. The Balaban J connectivity index is 1.99. The van der Waals surface area contributed by atoms with Gasteiger partial charge in [0.25, 0.3) is 0 Å². The summed E-state index contributed by atoms with van der Waals surface area (Å²) in [6.45, 7) is 9.46. The van der Waals surface area contributed by atoms with Crippen LogP contribution in [-0.4, -0.2) is 43.1 Å². The van der Waals surface area contributed by atoms with Crippen molar-refractivity contribution in [2.75, 3.05) is 26.7 Å². The van der Waals surface area contributed by atoms with Crippen molar-refractivity contribution in [2.45, 2.75) is 45.2 Å². The molecule has 1 aliphatic heterocycles. The molecule has 0 aliphatic carbocycles. The number of nitrogens with zero attached hydrogens (tertiary/aromatic N) is 2. The number of nitrogens with one attached hydrogen (secondary N) is 2. The maximum atomic E-state index is 5.63. The van der Waals surface area contributed by atoms with Gasteiger partial charge in [0.2, 0.25) is 0 Å². The number of hydrogen-bond acceptors (Lipinski definition) is 3. The Bertz CT molecular complexity index is 441. The van der Waals surface area contributed by atoms with Gasteiger partial charge in [-0.2, -0.15) is 0 Å². The predicted octanol–water partition coefficient (Wildman–Crippen LogP) is 2.38. The van der Waals surface area contributed by atoms with Crippen LogP contribution in [0.15, 0.2) is 27.8 Å². The zero-order valence-corrected chi connectivity index (χ0v) is 13.6. The molecule has 5 heteroatoms. The third kappa shape index (κ3) is 4.77. The fourth-order valence-corrected chi connectivity index (χ4v) is 2.67. The maximum absolute atomic E-state index is 5.63. The summed E-state index contributed by atoms with van der Waals surface area (Å²) in [4.78, 5) is 6.78. The first-order valence-electron chi connectivity index (χ1n) is 7.76. The summed E-state index contributed by atoms with van der Waals surface area (Å²) >= 11 is 0. The SMILES string of the molecule is CN=C(NCC(c1ccco1)N1CCCC1)NC(C)(C)C. The highest BCUT2D eigenvalue weighted by Gasteiger charge is 2.26. The molecule has 5 nitrogen and oxygen atoms in total. The van der Waals surface area contributed by atoms with Crippen LogP contribution in [0.3, 0.4) is 0 Å². The second kappa shape index (κ2) is 6.98. The lowest BCUT2D eigenvalue weighted by Crippen LogP contribution is -2.49. The Morgan fingerprint density at radius 3 is 2.62 bits per heavy atom. The molecule has 118 valence electrons. The summed E-state index contributed by atoms with van der Waals surface area (Å²) in [5.74, 6) is 1.86. The second-order valence-corrected chi connectivity index (χ2v) is 6.60. The summed E-state index contributed by atoms with van der Waals surface area (Å²) in [5, 5.41) is 6.82. The monoisotopic (exact) mass is 292 g/mol. The van der Waals surface area contributed by atoms with E-state index in [0.717, 1.165) is 31.4 Å². The average Bonchev–Trinajstić information content (AvgIpc) is 3.09. The molecule has 2 rings (SSSR count). The van der Waals surface area contributed by atoms with Gasteiger partial charge in [-0.05, 0) is 58.8 Å². The average molecular weight is 292 g/mol. The molecule has 2 heterocycles. The number of furan rings is 1. The molecule has 1 aliphatic rings. The first-order chi connectivity index (χ1) is 9.99. The Labute approximate surface area is 127 Å². The first kappa shape index (κ1) is 15.9. The predicted molar refractivity (Wildman–Crippen MR) is 86.5 cm³/mol. The lowest BCUT2D eigenvalue weighted by molar-refractivity contribution is 0.215. The van der Waals surface area contributed by atoms with Gasteiger partial charge in [-0.25, -0.2) is 0 Å². The van der Waals surface area contributed by atoms with Crippen molar-refractivity contribution in [2.24, 2.45) is 4.99 Å². The van der Waals surface area contributed by atoms with Crippen molar-refractivity contribution in [3.63, 3.8) is 0 Å². The summed E-state index contributed by atoms with van der Waals surface area (Å²) in [5.41, 5.74) is -0.00430. The summed E-state index contributed by atoms with van der Waals surface area (Å²) in [6.07, 6.45) is 4.29. The van der Waals surface area contributed by atoms with E-state index in [-0.39, 0.29) is 11.6 Å². The van der Waals surface area contributed by atoms with Gasteiger partial charge in [-0.3, -0.25) is 9.89 Å². The highest BCUT2D eigenvalue weighted by molar-refractivity contribution is 5.80. The minimum atomic E-state index is -0.00430. The van der Waals surface area contributed by atoms with Crippen molar-refractivity contribution < 1.29 is 4.42 Å². The van der Waals surface area contributed by atoms with Gasteiger partial charge in [-0.1, -0.05) is 0 Å². The van der Waals surface area contributed by atoms with E-state index in [4.69, 9.17) is 4.42 Å². The van der Waals surface area contributed by atoms with E-state index >= 15 is 0 Å². The smallest absolute Gasteiger partial charge is 0.191 e. The van der Waals surface area contributed by atoms with Crippen LogP contribution in [0.4, 0.5) is 0 Å². The van der Waals surface area contributed by atoms with Crippen LogP contribution < -0.4 is 10.6 Å². The normalized spacial score (nSPS) is 18.8. The summed E-state index contributed by atoms with van der Waals surface area (Å²) < 4.78 is 5.63. The first-order valence-corrected chi connectivity index (χ1v) is 7.76. The van der Waals surface area contributed by atoms with Crippen molar-refractivity contribution in [1.82, 2.24) is 15.5 Å².